The number of carbonyl (C=O) groups is 1. The number of carbonyl (C=O) groups excluding carboxylic acids is 1. The van der Waals surface area contributed by atoms with Gasteiger partial charge in [0.05, 0.1) is 32.2 Å². The number of fused-ring (bicyclic) bond motifs is 1. The van der Waals surface area contributed by atoms with Gasteiger partial charge in [-0.2, -0.15) is 5.10 Å². The molecule has 0 atom stereocenters. The summed E-state index contributed by atoms with van der Waals surface area (Å²) in [6.07, 6.45) is 1.67. The molecule has 1 aromatic carbocycles. The Morgan fingerprint density at radius 3 is 2.75 bits per heavy atom. The molecule has 3 heterocycles. The number of anilines is 1. The minimum Gasteiger partial charge on any atom is -0.497 e. The van der Waals surface area contributed by atoms with Crippen molar-refractivity contribution in [3.63, 3.8) is 0 Å². The quantitative estimate of drug-likeness (QED) is 0.733. The van der Waals surface area contributed by atoms with E-state index in [2.05, 4.69) is 15.1 Å². The Kier molecular flexibility index (Phi) is 4.34. The highest BCUT2D eigenvalue weighted by Crippen LogP contribution is 2.33. The maximum atomic E-state index is 13.1. The van der Waals surface area contributed by atoms with Crippen molar-refractivity contribution in [1.29, 1.82) is 0 Å². The molecule has 1 aliphatic rings. The monoisotopic (exact) mass is 380 g/mol. The number of hydrogen-bond donors (Lipinski definition) is 1. The topological polar surface area (TPSA) is 108 Å². The molecule has 0 unspecified atom stereocenters. The molecule has 9 heteroatoms. The van der Waals surface area contributed by atoms with Gasteiger partial charge < -0.3 is 20.1 Å². The van der Waals surface area contributed by atoms with Crippen molar-refractivity contribution in [3.05, 3.63) is 47.4 Å². The molecule has 144 valence electrons. The standard InChI is InChI=1S/C19H20N6O3/c1-24-16(18(26)25-9-11-8-21-19(20)22-15(11)10-25)7-14(23-24)13-6-12(27-2)4-5-17(13)28-3/h4-8H,9-10H2,1-3H3,(H2,20,21,22). The maximum absolute atomic E-state index is 13.1. The summed E-state index contributed by atoms with van der Waals surface area (Å²) in [5, 5.41) is 4.51. The van der Waals surface area contributed by atoms with Gasteiger partial charge in [0.15, 0.2) is 0 Å². The van der Waals surface area contributed by atoms with Gasteiger partial charge in [0.1, 0.15) is 17.2 Å². The van der Waals surface area contributed by atoms with Crippen LogP contribution in [0.5, 0.6) is 11.5 Å². The summed E-state index contributed by atoms with van der Waals surface area (Å²) >= 11 is 0. The second-order valence-corrected chi connectivity index (χ2v) is 6.47. The SMILES string of the molecule is COc1ccc(OC)c(-c2cc(C(=O)N3Cc4cnc(N)nc4C3)n(C)n2)c1. The van der Waals surface area contributed by atoms with Crippen LogP contribution in [0.3, 0.4) is 0 Å². The molecule has 1 amide bonds. The molecule has 9 nitrogen and oxygen atoms in total. The number of hydrogen-bond acceptors (Lipinski definition) is 7. The van der Waals surface area contributed by atoms with Crippen LogP contribution in [0.1, 0.15) is 21.7 Å². The van der Waals surface area contributed by atoms with Crippen molar-refractivity contribution in [2.45, 2.75) is 13.1 Å². The first-order chi connectivity index (χ1) is 13.5. The molecule has 4 rings (SSSR count). The molecule has 0 saturated carbocycles. The van der Waals surface area contributed by atoms with E-state index >= 15 is 0 Å². The molecule has 0 fully saturated rings. The van der Waals surface area contributed by atoms with Crippen molar-refractivity contribution in [3.8, 4) is 22.8 Å². The lowest BCUT2D eigenvalue weighted by atomic mass is 10.1. The zero-order valence-electron chi connectivity index (χ0n) is 15.8. The molecular weight excluding hydrogens is 360 g/mol. The summed E-state index contributed by atoms with van der Waals surface area (Å²) in [6.45, 7) is 0.835. The lowest BCUT2D eigenvalue weighted by Crippen LogP contribution is -2.27. The summed E-state index contributed by atoms with van der Waals surface area (Å²) in [7, 11) is 4.93. The minimum atomic E-state index is -0.139. The molecule has 28 heavy (non-hydrogen) atoms. The average molecular weight is 380 g/mol. The van der Waals surface area contributed by atoms with E-state index in [1.54, 1.807) is 43.1 Å². The highest BCUT2D eigenvalue weighted by atomic mass is 16.5. The van der Waals surface area contributed by atoms with Crippen LogP contribution in [0.4, 0.5) is 5.95 Å². The van der Waals surface area contributed by atoms with Crippen LogP contribution >= 0.6 is 0 Å². The second-order valence-electron chi connectivity index (χ2n) is 6.47. The van der Waals surface area contributed by atoms with E-state index in [1.807, 2.05) is 18.2 Å². The maximum Gasteiger partial charge on any atom is 0.272 e. The smallest absolute Gasteiger partial charge is 0.272 e. The average Bonchev–Trinajstić information content (AvgIpc) is 3.30. The van der Waals surface area contributed by atoms with Crippen molar-refractivity contribution >= 4 is 11.9 Å². The summed E-state index contributed by atoms with van der Waals surface area (Å²) in [5.41, 5.74) is 9.17. The molecule has 0 radical (unpaired) electrons. The van der Waals surface area contributed by atoms with E-state index in [9.17, 15) is 4.79 Å². The van der Waals surface area contributed by atoms with E-state index in [4.69, 9.17) is 15.2 Å². The number of methoxy groups -OCH3 is 2. The molecule has 2 N–H and O–H groups in total. The highest BCUT2D eigenvalue weighted by molar-refractivity contribution is 5.94. The lowest BCUT2D eigenvalue weighted by Gasteiger charge is -2.14. The van der Waals surface area contributed by atoms with Gasteiger partial charge in [-0.15, -0.1) is 0 Å². The molecule has 0 aliphatic carbocycles. The summed E-state index contributed by atoms with van der Waals surface area (Å²) < 4.78 is 12.3. The van der Waals surface area contributed by atoms with Crippen LogP contribution in [-0.4, -0.2) is 44.8 Å². The number of amides is 1. The van der Waals surface area contributed by atoms with Gasteiger partial charge in [-0.1, -0.05) is 0 Å². The zero-order valence-corrected chi connectivity index (χ0v) is 15.8. The van der Waals surface area contributed by atoms with Crippen molar-refractivity contribution in [1.82, 2.24) is 24.6 Å². The van der Waals surface area contributed by atoms with Crippen molar-refractivity contribution < 1.29 is 14.3 Å². The lowest BCUT2D eigenvalue weighted by molar-refractivity contribution is 0.0739. The van der Waals surface area contributed by atoms with E-state index in [0.717, 1.165) is 16.8 Å². The zero-order chi connectivity index (χ0) is 19.8. The Bertz CT molecular complexity index is 1060. The van der Waals surface area contributed by atoms with Crippen LogP contribution in [0.25, 0.3) is 11.3 Å². The Balaban J connectivity index is 1.65. The minimum absolute atomic E-state index is 0.139. The van der Waals surface area contributed by atoms with Gasteiger partial charge in [-0.25, -0.2) is 9.97 Å². The highest BCUT2D eigenvalue weighted by Gasteiger charge is 2.28. The molecule has 0 bridgehead atoms. The normalized spacial score (nSPS) is 12.8. The number of ether oxygens (including phenoxy) is 2. The van der Waals surface area contributed by atoms with Gasteiger partial charge >= 0.3 is 0 Å². The number of aryl methyl sites for hydroxylation is 1. The Hall–Kier alpha value is -3.62. The van der Waals surface area contributed by atoms with Crippen LogP contribution in [-0.2, 0) is 20.1 Å². The van der Waals surface area contributed by atoms with Crippen molar-refractivity contribution in [2.24, 2.45) is 7.05 Å². The molecular formula is C19H20N6O3. The molecule has 0 saturated heterocycles. The molecule has 0 spiro atoms. The van der Waals surface area contributed by atoms with Gasteiger partial charge in [0.2, 0.25) is 5.95 Å². The number of aromatic nitrogens is 4. The van der Waals surface area contributed by atoms with Crippen LogP contribution in [0.2, 0.25) is 0 Å². The van der Waals surface area contributed by atoms with Crippen molar-refractivity contribution in [2.75, 3.05) is 20.0 Å². The third kappa shape index (κ3) is 3.00. The van der Waals surface area contributed by atoms with Gasteiger partial charge in [-0.05, 0) is 24.3 Å². The van der Waals surface area contributed by atoms with E-state index in [-0.39, 0.29) is 11.9 Å². The Morgan fingerprint density at radius 2 is 2.00 bits per heavy atom. The van der Waals surface area contributed by atoms with Crippen LogP contribution < -0.4 is 15.2 Å². The van der Waals surface area contributed by atoms with E-state index in [0.29, 0.717) is 36.0 Å². The fraction of sp³-hybridized carbons (Fsp3) is 0.263. The first-order valence-corrected chi connectivity index (χ1v) is 8.66. The second kappa shape index (κ2) is 6.84. The largest absolute Gasteiger partial charge is 0.497 e. The summed E-state index contributed by atoms with van der Waals surface area (Å²) in [6, 6.07) is 7.21. The molecule has 1 aliphatic heterocycles. The number of benzene rings is 1. The van der Waals surface area contributed by atoms with Crippen LogP contribution in [0, 0.1) is 0 Å². The van der Waals surface area contributed by atoms with Gasteiger partial charge in [0, 0.05) is 30.9 Å². The molecule has 3 aromatic rings. The van der Waals surface area contributed by atoms with Crippen LogP contribution in [0.15, 0.2) is 30.5 Å². The predicted molar refractivity (Wildman–Crippen MR) is 102 cm³/mol. The van der Waals surface area contributed by atoms with Gasteiger partial charge in [-0.3, -0.25) is 9.48 Å². The third-order valence-electron chi connectivity index (χ3n) is 4.74. The summed E-state index contributed by atoms with van der Waals surface area (Å²) in [4.78, 5) is 23.0. The van der Waals surface area contributed by atoms with E-state index < -0.39 is 0 Å². The fourth-order valence-electron chi connectivity index (χ4n) is 3.29. The Morgan fingerprint density at radius 1 is 1.18 bits per heavy atom. The van der Waals surface area contributed by atoms with E-state index in [1.165, 1.54) is 0 Å². The number of nitrogens with zero attached hydrogens (tertiary/aromatic N) is 5. The third-order valence-corrected chi connectivity index (χ3v) is 4.74. The molecule has 2 aromatic heterocycles. The summed E-state index contributed by atoms with van der Waals surface area (Å²) in [5.74, 6) is 1.40. The van der Waals surface area contributed by atoms with Gasteiger partial charge in [0.25, 0.3) is 5.91 Å². The fourth-order valence-corrected chi connectivity index (χ4v) is 3.29. The predicted octanol–water partition coefficient (Wildman–Crippen LogP) is 1.63. The first-order valence-electron chi connectivity index (χ1n) is 8.66. The Labute approximate surface area is 161 Å². The first kappa shape index (κ1) is 17.8. The number of nitrogens with two attached hydrogens (primary N) is 1. The number of rotatable bonds is 4. The number of nitrogen functional groups attached to an aromatic ring is 1.